The maximum Gasteiger partial charge on any atom is 0.309 e. The molecule has 24 heavy (non-hydrogen) atoms. The largest absolute Gasteiger partial charge is 0.481 e. The Morgan fingerprint density at radius 1 is 1.50 bits per heavy atom. The maximum atomic E-state index is 12.5. The predicted octanol–water partition coefficient (Wildman–Crippen LogP) is 2.04. The van der Waals surface area contributed by atoms with E-state index in [0.29, 0.717) is 25.2 Å². The topological polar surface area (TPSA) is 88.3 Å². The molecular weight excluding hydrogens is 328 g/mol. The molecule has 2 aromatic rings. The summed E-state index contributed by atoms with van der Waals surface area (Å²) in [4.78, 5) is 30.2. The number of amides is 1. The number of carboxylic acids is 1. The van der Waals surface area contributed by atoms with Gasteiger partial charge in [0.05, 0.1) is 23.2 Å². The highest BCUT2D eigenvalue weighted by atomic mass is 32.1. The molecular formula is C16H20N4O3S. The lowest BCUT2D eigenvalue weighted by Crippen LogP contribution is -2.47. The Morgan fingerprint density at radius 2 is 2.33 bits per heavy atom. The Bertz CT molecular complexity index is 686. The molecule has 3 atom stereocenters. The number of carbonyl (C=O) groups excluding carboxylic acids is 1. The number of hydrogen-bond acceptors (Lipinski definition) is 5. The molecule has 1 aliphatic heterocycles. The third-order valence-corrected chi connectivity index (χ3v) is 4.95. The Balaban J connectivity index is 1.81. The van der Waals surface area contributed by atoms with Crippen LogP contribution in [0.3, 0.4) is 0 Å². The lowest BCUT2D eigenvalue weighted by atomic mass is 9.86. The lowest BCUT2D eigenvalue weighted by molar-refractivity contribution is -0.152. The van der Waals surface area contributed by atoms with Crippen LogP contribution in [-0.4, -0.2) is 43.2 Å². The van der Waals surface area contributed by atoms with Gasteiger partial charge in [-0.1, -0.05) is 6.92 Å². The predicted molar refractivity (Wildman–Crippen MR) is 88.3 cm³/mol. The molecule has 1 N–H and O–H groups in total. The first-order valence-corrected chi connectivity index (χ1v) is 8.88. The number of carboxylic acid groups (broad SMARTS) is 1. The quantitative estimate of drug-likeness (QED) is 0.863. The molecule has 1 saturated heterocycles. The SMILES string of the molecule is C[C@H](CN1C(=O)CC[C@@H](C(=O)O)[C@@H]1c1cscn1)Cn1cccn1. The zero-order valence-corrected chi connectivity index (χ0v) is 14.2. The molecule has 128 valence electrons. The first-order valence-electron chi connectivity index (χ1n) is 7.94. The summed E-state index contributed by atoms with van der Waals surface area (Å²) in [7, 11) is 0. The van der Waals surface area contributed by atoms with Crippen LogP contribution >= 0.6 is 11.3 Å². The number of aromatic nitrogens is 3. The van der Waals surface area contributed by atoms with Crippen molar-refractivity contribution in [2.75, 3.05) is 6.54 Å². The van der Waals surface area contributed by atoms with Gasteiger partial charge in [0.2, 0.25) is 5.91 Å². The van der Waals surface area contributed by atoms with Gasteiger partial charge in [0, 0.05) is 37.3 Å². The Labute approximate surface area is 143 Å². The van der Waals surface area contributed by atoms with Gasteiger partial charge in [-0.2, -0.15) is 5.10 Å². The van der Waals surface area contributed by atoms with Crippen LogP contribution in [0.5, 0.6) is 0 Å². The van der Waals surface area contributed by atoms with Crippen molar-refractivity contribution >= 4 is 23.2 Å². The summed E-state index contributed by atoms with van der Waals surface area (Å²) < 4.78 is 1.83. The first-order chi connectivity index (χ1) is 11.6. The first kappa shape index (κ1) is 16.6. The van der Waals surface area contributed by atoms with Crippen LogP contribution in [-0.2, 0) is 16.1 Å². The molecule has 0 aliphatic carbocycles. The van der Waals surface area contributed by atoms with E-state index in [1.54, 1.807) is 16.6 Å². The molecule has 2 aromatic heterocycles. The monoisotopic (exact) mass is 348 g/mol. The van der Waals surface area contributed by atoms with Gasteiger partial charge in [0.1, 0.15) is 0 Å². The summed E-state index contributed by atoms with van der Waals surface area (Å²) in [6.07, 6.45) is 4.23. The van der Waals surface area contributed by atoms with E-state index < -0.39 is 17.9 Å². The normalized spacial score (nSPS) is 22.5. The van der Waals surface area contributed by atoms with Crippen molar-refractivity contribution in [1.29, 1.82) is 0 Å². The van der Waals surface area contributed by atoms with E-state index >= 15 is 0 Å². The van der Waals surface area contributed by atoms with Crippen LogP contribution in [0.1, 0.15) is 31.5 Å². The van der Waals surface area contributed by atoms with E-state index in [0.717, 1.165) is 0 Å². The Hall–Kier alpha value is -2.22. The average Bonchev–Trinajstić information content (AvgIpc) is 3.22. The second-order valence-electron chi connectivity index (χ2n) is 6.22. The minimum absolute atomic E-state index is 0.00202. The van der Waals surface area contributed by atoms with Crippen LogP contribution in [0.25, 0.3) is 0 Å². The van der Waals surface area contributed by atoms with Gasteiger partial charge in [-0.15, -0.1) is 11.3 Å². The molecule has 0 aromatic carbocycles. The fourth-order valence-corrected chi connectivity index (χ4v) is 3.86. The molecule has 7 nitrogen and oxygen atoms in total. The molecule has 1 aliphatic rings. The molecule has 0 radical (unpaired) electrons. The number of likely N-dealkylation sites (tertiary alicyclic amines) is 1. The van der Waals surface area contributed by atoms with E-state index in [1.807, 2.05) is 29.2 Å². The van der Waals surface area contributed by atoms with Gasteiger partial charge in [-0.05, 0) is 18.4 Å². The molecule has 0 bridgehead atoms. The summed E-state index contributed by atoms with van der Waals surface area (Å²) in [6.45, 7) is 3.21. The van der Waals surface area contributed by atoms with Crippen molar-refractivity contribution in [3.8, 4) is 0 Å². The van der Waals surface area contributed by atoms with Crippen molar-refractivity contribution in [1.82, 2.24) is 19.7 Å². The van der Waals surface area contributed by atoms with Gasteiger partial charge in [0.25, 0.3) is 0 Å². The van der Waals surface area contributed by atoms with Crippen molar-refractivity contribution < 1.29 is 14.7 Å². The van der Waals surface area contributed by atoms with Crippen molar-refractivity contribution in [2.45, 2.75) is 32.4 Å². The third-order valence-electron chi connectivity index (χ3n) is 4.34. The number of thiazole rings is 1. The zero-order valence-electron chi connectivity index (χ0n) is 13.4. The molecule has 0 saturated carbocycles. The van der Waals surface area contributed by atoms with Gasteiger partial charge in [0.15, 0.2) is 0 Å². The number of piperidine rings is 1. The highest BCUT2D eigenvalue weighted by molar-refractivity contribution is 7.07. The summed E-state index contributed by atoms with van der Waals surface area (Å²) in [5.74, 6) is -1.33. The minimum atomic E-state index is -0.870. The van der Waals surface area contributed by atoms with E-state index in [2.05, 4.69) is 10.1 Å². The minimum Gasteiger partial charge on any atom is -0.481 e. The fourth-order valence-electron chi connectivity index (χ4n) is 3.28. The number of hydrogen-bond donors (Lipinski definition) is 1. The number of carbonyl (C=O) groups is 2. The van der Waals surface area contributed by atoms with E-state index in [9.17, 15) is 14.7 Å². The lowest BCUT2D eigenvalue weighted by Gasteiger charge is -2.40. The van der Waals surface area contributed by atoms with Gasteiger partial charge >= 0.3 is 5.97 Å². The van der Waals surface area contributed by atoms with Crippen molar-refractivity contribution in [3.05, 3.63) is 35.0 Å². The highest BCUT2D eigenvalue weighted by Gasteiger charge is 2.42. The number of rotatable bonds is 6. The van der Waals surface area contributed by atoms with Crippen LogP contribution in [0.15, 0.2) is 29.4 Å². The van der Waals surface area contributed by atoms with Gasteiger partial charge < -0.3 is 10.0 Å². The Morgan fingerprint density at radius 3 is 2.96 bits per heavy atom. The molecule has 1 fully saturated rings. The van der Waals surface area contributed by atoms with E-state index in [1.165, 1.54) is 11.3 Å². The summed E-state index contributed by atoms with van der Waals surface area (Å²) >= 11 is 1.42. The van der Waals surface area contributed by atoms with E-state index in [4.69, 9.17) is 0 Å². The molecule has 3 rings (SSSR count). The molecule has 1 amide bonds. The molecule has 3 heterocycles. The molecule has 0 unspecified atom stereocenters. The Kier molecular flexibility index (Phi) is 4.94. The van der Waals surface area contributed by atoms with Crippen molar-refractivity contribution in [2.24, 2.45) is 11.8 Å². The van der Waals surface area contributed by atoms with Gasteiger partial charge in [-0.3, -0.25) is 14.3 Å². The third kappa shape index (κ3) is 3.48. The van der Waals surface area contributed by atoms with Crippen molar-refractivity contribution in [3.63, 3.8) is 0 Å². The highest BCUT2D eigenvalue weighted by Crippen LogP contribution is 2.37. The van der Waals surface area contributed by atoms with Gasteiger partial charge in [-0.25, -0.2) is 4.98 Å². The molecule has 0 spiro atoms. The second-order valence-corrected chi connectivity index (χ2v) is 6.94. The zero-order chi connectivity index (χ0) is 17.1. The second kappa shape index (κ2) is 7.12. The maximum absolute atomic E-state index is 12.5. The molecule has 8 heteroatoms. The fraction of sp³-hybridized carbons (Fsp3) is 0.500. The van der Waals surface area contributed by atoms with Crippen LogP contribution in [0, 0.1) is 11.8 Å². The average molecular weight is 348 g/mol. The summed E-state index contributed by atoms with van der Waals surface area (Å²) in [5, 5.41) is 15.6. The van der Waals surface area contributed by atoms with Crippen LogP contribution in [0.4, 0.5) is 0 Å². The summed E-state index contributed by atoms with van der Waals surface area (Å²) in [5.41, 5.74) is 2.35. The standard InChI is InChI=1S/C16H20N4O3S/c1-11(7-19-6-2-5-18-19)8-20-14(21)4-3-12(16(22)23)15(20)13-9-24-10-17-13/h2,5-6,9-12,15H,3-4,7-8H2,1H3,(H,22,23)/t11-,12+,15+/m0/s1. The van der Waals surface area contributed by atoms with E-state index in [-0.39, 0.29) is 18.2 Å². The number of nitrogens with zero attached hydrogens (tertiary/aromatic N) is 4. The van der Waals surface area contributed by atoms with Crippen LogP contribution < -0.4 is 0 Å². The number of aliphatic carboxylic acids is 1. The van der Waals surface area contributed by atoms with Crippen LogP contribution in [0.2, 0.25) is 0 Å². The summed E-state index contributed by atoms with van der Waals surface area (Å²) in [6, 6.07) is 1.37. The smallest absolute Gasteiger partial charge is 0.309 e.